The molecule has 0 bridgehead atoms. The van der Waals surface area contributed by atoms with Crippen LogP contribution < -0.4 is 5.32 Å². The summed E-state index contributed by atoms with van der Waals surface area (Å²) >= 11 is 5.47. The number of nitrogens with zero attached hydrogens (tertiary/aromatic N) is 2. The van der Waals surface area contributed by atoms with Crippen LogP contribution in [0.3, 0.4) is 0 Å². The molecular formula is C14H19N3OS. The number of carbonyl (C=O) groups is 1. The molecule has 0 unspecified atom stereocenters. The van der Waals surface area contributed by atoms with Gasteiger partial charge in [0.05, 0.1) is 0 Å². The number of hydrogen-bond acceptors (Lipinski definition) is 2. The number of thiocarbonyl (C=S) groups is 1. The maximum absolute atomic E-state index is 10.9. The van der Waals surface area contributed by atoms with Crippen LogP contribution in [0.4, 0.5) is 5.69 Å². The van der Waals surface area contributed by atoms with Crippen LogP contribution in [0.5, 0.6) is 0 Å². The first-order valence-corrected chi connectivity index (χ1v) is 6.86. The summed E-state index contributed by atoms with van der Waals surface area (Å²) < 4.78 is 0. The van der Waals surface area contributed by atoms with Gasteiger partial charge in [-0.05, 0) is 38.2 Å². The standard InChI is InChI=1S/C14H19N3OS/c1-11-9-17(12(2)8-16(11)10-18)14(19)15-13-6-4-3-5-7-13/h3-7,10-12H,8-9H2,1-2H3,(H,15,19)/t11-,12+/m1/s1. The van der Waals surface area contributed by atoms with Crippen molar-refractivity contribution in [2.75, 3.05) is 18.4 Å². The molecule has 1 heterocycles. The molecule has 2 rings (SSSR count). The first-order chi connectivity index (χ1) is 9.11. The SMILES string of the molecule is C[C@@H]1CN(C(=S)Nc2ccccc2)[C@@H](C)CN1C=O. The van der Waals surface area contributed by atoms with Crippen LogP contribution in [0.15, 0.2) is 30.3 Å². The molecule has 1 fully saturated rings. The quantitative estimate of drug-likeness (QED) is 0.662. The van der Waals surface area contributed by atoms with Crippen LogP contribution in [0.1, 0.15) is 13.8 Å². The van der Waals surface area contributed by atoms with Crippen molar-refractivity contribution in [2.45, 2.75) is 25.9 Å². The van der Waals surface area contributed by atoms with E-state index in [-0.39, 0.29) is 12.1 Å². The second-order valence-electron chi connectivity index (χ2n) is 4.95. The van der Waals surface area contributed by atoms with E-state index in [0.717, 1.165) is 23.8 Å². The first-order valence-electron chi connectivity index (χ1n) is 6.45. The van der Waals surface area contributed by atoms with Crippen molar-refractivity contribution in [3.63, 3.8) is 0 Å². The van der Waals surface area contributed by atoms with E-state index in [1.54, 1.807) is 0 Å². The van der Waals surface area contributed by atoms with Crippen molar-refractivity contribution < 1.29 is 4.79 Å². The normalized spacial score (nSPS) is 23.1. The molecular weight excluding hydrogens is 258 g/mol. The molecule has 1 N–H and O–H groups in total. The third-order valence-corrected chi connectivity index (χ3v) is 3.79. The Balaban J connectivity index is 2.01. The van der Waals surface area contributed by atoms with Gasteiger partial charge in [0.2, 0.25) is 6.41 Å². The van der Waals surface area contributed by atoms with Gasteiger partial charge in [0.15, 0.2) is 5.11 Å². The van der Waals surface area contributed by atoms with Gasteiger partial charge in [0, 0.05) is 30.9 Å². The third kappa shape index (κ3) is 3.23. The number of hydrogen-bond donors (Lipinski definition) is 1. The number of para-hydroxylation sites is 1. The van der Waals surface area contributed by atoms with E-state index in [1.165, 1.54) is 0 Å². The molecule has 1 saturated heterocycles. The molecule has 1 aliphatic rings. The largest absolute Gasteiger partial charge is 0.342 e. The number of nitrogens with one attached hydrogen (secondary N) is 1. The summed E-state index contributed by atoms with van der Waals surface area (Å²) in [5.74, 6) is 0. The Kier molecular flexibility index (Phi) is 4.37. The monoisotopic (exact) mass is 277 g/mol. The Morgan fingerprint density at radius 1 is 1.26 bits per heavy atom. The summed E-state index contributed by atoms with van der Waals surface area (Å²) in [6.07, 6.45) is 0.923. The smallest absolute Gasteiger partial charge is 0.210 e. The highest BCUT2D eigenvalue weighted by Crippen LogP contribution is 2.16. The maximum atomic E-state index is 10.9. The summed E-state index contributed by atoms with van der Waals surface area (Å²) in [7, 11) is 0. The lowest BCUT2D eigenvalue weighted by Gasteiger charge is -2.43. The minimum absolute atomic E-state index is 0.184. The van der Waals surface area contributed by atoms with E-state index in [9.17, 15) is 4.79 Å². The molecule has 0 radical (unpaired) electrons. The molecule has 0 aliphatic carbocycles. The molecule has 19 heavy (non-hydrogen) atoms. The lowest BCUT2D eigenvalue weighted by Crippen LogP contribution is -2.58. The van der Waals surface area contributed by atoms with Crippen LogP contribution in [0.2, 0.25) is 0 Å². The van der Waals surface area contributed by atoms with Gasteiger partial charge in [-0.3, -0.25) is 4.79 Å². The summed E-state index contributed by atoms with van der Waals surface area (Å²) in [6, 6.07) is 10.3. The lowest BCUT2D eigenvalue weighted by molar-refractivity contribution is -0.122. The highest BCUT2D eigenvalue weighted by Gasteiger charge is 2.29. The molecule has 0 spiro atoms. The lowest BCUT2D eigenvalue weighted by atomic mass is 10.1. The van der Waals surface area contributed by atoms with Gasteiger partial charge in [0.25, 0.3) is 0 Å². The molecule has 2 atom stereocenters. The zero-order valence-corrected chi connectivity index (χ0v) is 12.1. The Morgan fingerprint density at radius 2 is 1.95 bits per heavy atom. The highest BCUT2D eigenvalue weighted by atomic mass is 32.1. The Morgan fingerprint density at radius 3 is 2.58 bits per heavy atom. The average molecular weight is 277 g/mol. The van der Waals surface area contributed by atoms with Crippen LogP contribution in [0.25, 0.3) is 0 Å². The van der Waals surface area contributed by atoms with Crippen molar-refractivity contribution in [3.8, 4) is 0 Å². The predicted octanol–water partition coefficient (Wildman–Crippen LogP) is 1.93. The Bertz CT molecular complexity index is 451. The van der Waals surface area contributed by atoms with Crippen molar-refractivity contribution in [2.24, 2.45) is 0 Å². The molecule has 1 aliphatic heterocycles. The number of benzene rings is 1. The minimum Gasteiger partial charge on any atom is -0.342 e. The predicted molar refractivity (Wildman–Crippen MR) is 81.1 cm³/mol. The molecule has 4 nitrogen and oxygen atoms in total. The fraction of sp³-hybridized carbons (Fsp3) is 0.429. The zero-order valence-electron chi connectivity index (χ0n) is 11.2. The van der Waals surface area contributed by atoms with Gasteiger partial charge in [-0.1, -0.05) is 18.2 Å². The van der Waals surface area contributed by atoms with Crippen molar-refractivity contribution in [1.29, 1.82) is 0 Å². The highest BCUT2D eigenvalue weighted by molar-refractivity contribution is 7.80. The van der Waals surface area contributed by atoms with Gasteiger partial charge in [-0.2, -0.15) is 0 Å². The fourth-order valence-corrected chi connectivity index (χ4v) is 2.67. The van der Waals surface area contributed by atoms with Gasteiger partial charge >= 0.3 is 0 Å². The number of rotatable bonds is 2. The zero-order chi connectivity index (χ0) is 13.8. The van der Waals surface area contributed by atoms with E-state index >= 15 is 0 Å². The van der Waals surface area contributed by atoms with Crippen LogP contribution >= 0.6 is 12.2 Å². The fourth-order valence-electron chi connectivity index (χ4n) is 2.30. The van der Waals surface area contributed by atoms with Gasteiger partial charge in [-0.15, -0.1) is 0 Å². The van der Waals surface area contributed by atoms with Crippen molar-refractivity contribution in [3.05, 3.63) is 30.3 Å². The third-order valence-electron chi connectivity index (χ3n) is 3.46. The topological polar surface area (TPSA) is 35.6 Å². The van der Waals surface area contributed by atoms with Crippen LogP contribution in [-0.4, -0.2) is 46.5 Å². The molecule has 1 aromatic rings. The number of carbonyl (C=O) groups excluding carboxylic acids is 1. The summed E-state index contributed by atoms with van der Waals surface area (Å²) in [6.45, 7) is 5.60. The Labute approximate surface area is 119 Å². The second-order valence-corrected chi connectivity index (χ2v) is 5.34. The van der Waals surface area contributed by atoms with Crippen molar-refractivity contribution in [1.82, 2.24) is 9.80 Å². The van der Waals surface area contributed by atoms with Gasteiger partial charge < -0.3 is 15.1 Å². The summed E-state index contributed by atoms with van der Waals surface area (Å²) in [5, 5.41) is 3.96. The minimum atomic E-state index is 0.184. The van der Waals surface area contributed by atoms with E-state index in [2.05, 4.69) is 17.1 Å². The first kappa shape index (κ1) is 13.8. The van der Waals surface area contributed by atoms with Crippen LogP contribution in [-0.2, 0) is 4.79 Å². The second kappa shape index (κ2) is 6.02. The van der Waals surface area contributed by atoms with E-state index in [4.69, 9.17) is 12.2 Å². The number of amides is 1. The summed E-state index contributed by atoms with van der Waals surface area (Å²) in [4.78, 5) is 14.9. The van der Waals surface area contributed by atoms with Crippen LogP contribution in [0, 0.1) is 0 Å². The molecule has 5 heteroatoms. The molecule has 1 amide bonds. The molecule has 102 valence electrons. The number of piperazine rings is 1. The summed E-state index contributed by atoms with van der Waals surface area (Å²) in [5.41, 5.74) is 0.991. The Hall–Kier alpha value is -1.62. The average Bonchev–Trinajstić information content (AvgIpc) is 2.42. The van der Waals surface area contributed by atoms with E-state index < -0.39 is 0 Å². The maximum Gasteiger partial charge on any atom is 0.210 e. The van der Waals surface area contributed by atoms with Crippen molar-refractivity contribution >= 4 is 29.4 Å². The molecule has 1 aromatic carbocycles. The molecule has 0 aromatic heterocycles. The van der Waals surface area contributed by atoms with Gasteiger partial charge in [0.1, 0.15) is 0 Å². The number of anilines is 1. The van der Waals surface area contributed by atoms with E-state index in [0.29, 0.717) is 6.54 Å². The van der Waals surface area contributed by atoms with Gasteiger partial charge in [-0.25, -0.2) is 0 Å². The molecule has 0 saturated carbocycles. The van der Waals surface area contributed by atoms with E-state index in [1.807, 2.05) is 42.2 Å².